The number of anilines is 1. The van der Waals surface area contributed by atoms with Gasteiger partial charge in [0.1, 0.15) is 17.4 Å². The Morgan fingerprint density at radius 1 is 1.08 bits per heavy atom. The molecule has 7 heteroatoms. The van der Waals surface area contributed by atoms with Crippen molar-refractivity contribution in [3.8, 4) is 5.75 Å². The SMILES string of the molecule is COc1ccc(NC(=O)CCCNC(=O)c2ccc(F)cc2F)cc1. The molecule has 2 aromatic carbocycles. The Kier molecular flexibility index (Phi) is 6.45. The maximum Gasteiger partial charge on any atom is 0.254 e. The molecule has 2 rings (SSSR count). The monoisotopic (exact) mass is 348 g/mol. The van der Waals surface area contributed by atoms with Crippen molar-refractivity contribution in [2.24, 2.45) is 0 Å². The van der Waals surface area contributed by atoms with E-state index in [4.69, 9.17) is 4.74 Å². The van der Waals surface area contributed by atoms with Crippen LogP contribution < -0.4 is 15.4 Å². The number of halogens is 2. The Labute approximate surface area is 144 Å². The van der Waals surface area contributed by atoms with Crippen molar-refractivity contribution in [2.75, 3.05) is 19.0 Å². The summed E-state index contributed by atoms with van der Waals surface area (Å²) in [5, 5.41) is 5.22. The van der Waals surface area contributed by atoms with Gasteiger partial charge in [-0.1, -0.05) is 0 Å². The molecule has 0 aliphatic rings. The first-order chi connectivity index (χ1) is 12.0. The van der Waals surface area contributed by atoms with Gasteiger partial charge in [0.2, 0.25) is 5.91 Å². The molecule has 132 valence electrons. The maximum absolute atomic E-state index is 13.5. The molecule has 0 spiro atoms. The van der Waals surface area contributed by atoms with Crippen LogP contribution in [0, 0.1) is 11.6 Å². The molecule has 2 amide bonds. The lowest BCUT2D eigenvalue weighted by Gasteiger charge is -2.08. The average Bonchev–Trinajstić information content (AvgIpc) is 2.59. The molecule has 0 aromatic heterocycles. The Morgan fingerprint density at radius 3 is 2.44 bits per heavy atom. The number of carbonyl (C=O) groups excluding carboxylic acids is 2. The van der Waals surface area contributed by atoms with Crippen LogP contribution in [0.3, 0.4) is 0 Å². The van der Waals surface area contributed by atoms with Gasteiger partial charge < -0.3 is 15.4 Å². The Bertz CT molecular complexity index is 748. The molecule has 0 saturated heterocycles. The number of nitrogens with one attached hydrogen (secondary N) is 2. The predicted octanol–water partition coefficient (Wildman–Crippen LogP) is 3.12. The minimum atomic E-state index is -0.922. The van der Waals surface area contributed by atoms with Crippen molar-refractivity contribution in [3.63, 3.8) is 0 Å². The Hall–Kier alpha value is -2.96. The van der Waals surface area contributed by atoms with Crippen LogP contribution >= 0.6 is 0 Å². The fourth-order valence-corrected chi connectivity index (χ4v) is 2.12. The zero-order chi connectivity index (χ0) is 18.2. The third kappa shape index (κ3) is 5.56. The van der Waals surface area contributed by atoms with Gasteiger partial charge >= 0.3 is 0 Å². The summed E-state index contributed by atoms with van der Waals surface area (Å²) in [6, 6.07) is 9.64. The highest BCUT2D eigenvalue weighted by atomic mass is 19.1. The Balaban J connectivity index is 1.72. The number of carbonyl (C=O) groups is 2. The van der Waals surface area contributed by atoms with Gasteiger partial charge in [0.05, 0.1) is 12.7 Å². The molecule has 0 radical (unpaired) electrons. The van der Waals surface area contributed by atoms with Crippen LogP contribution in [0.25, 0.3) is 0 Å². The summed E-state index contributed by atoms with van der Waals surface area (Å²) in [4.78, 5) is 23.6. The van der Waals surface area contributed by atoms with E-state index >= 15 is 0 Å². The van der Waals surface area contributed by atoms with Gasteiger partial charge in [-0.3, -0.25) is 9.59 Å². The molecular formula is C18H18F2N2O3. The maximum atomic E-state index is 13.5. The third-order valence-corrected chi connectivity index (χ3v) is 3.42. The summed E-state index contributed by atoms with van der Waals surface area (Å²) in [6.45, 7) is 0.200. The van der Waals surface area contributed by atoms with Crippen molar-refractivity contribution in [1.29, 1.82) is 0 Å². The van der Waals surface area contributed by atoms with Gasteiger partial charge in [-0.2, -0.15) is 0 Å². The molecule has 0 unspecified atom stereocenters. The topological polar surface area (TPSA) is 67.4 Å². The molecule has 0 saturated carbocycles. The summed E-state index contributed by atoms with van der Waals surface area (Å²) < 4.78 is 31.3. The van der Waals surface area contributed by atoms with Crippen LogP contribution in [-0.2, 0) is 4.79 Å². The molecule has 0 aliphatic heterocycles. The zero-order valence-electron chi connectivity index (χ0n) is 13.6. The highest BCUT2D eigenvalue weighted by Crippen LogP contribution is 2.15. The smallest absolute Gasteiger partial charge is 0.254 e. The molecule has 0 atom stereocenters. The number of hydrogen-bond donors (Lipinski definition) is 2. The molecule has 0 fully saturated rings. The molecule has 0 bridgehead atoms. The van der Waals surface area contributed by atoms with Crippen molar-refractivity contribution in [1.82, 2.24) is 5.32 Å². The van der Waals surface area contributed by atoms with E-state index in [1.54, 1.807) is 31.4 Å². The van der Waals surface area contributed by atoms with E-state index in [-0.39, 0.29) is 24.4 Å². The van der Waals surface area contributed by atoms with Crippen LogP contribution in [0.1, 0.15) is 23.2 Å². The predicted molar refractivity (Wildman–Crippen MR) is 89.5 cm³/mol. The van der Waals surface area contributed by atoms with E-state index in [9.17, 15) is 18.4 Å². The largest absolute Gasteiger partial charge is 0.497 e. The highest BCUT2D eigenvalue weighted by molar-refractivity contribution is 5.94. The average molecular weight is 348 g/mol. The molecule has 25 heavy (non-hydrogen) atoms. The van der Waals surface area contributed by atoms with Gasteiger partial charge in [0.15, 0.2) is 0 Å². The zero-order valence-corrected chi connectivity index (χ0v) is 13.6. The summed E-state index contributed by atoms with van der Waals surface area (Å²) in [6.07, 6.45) is 0.578. The van der Waals surface area contributed by atoms with Gasteiger partial charge in [-0.25, -0.2) is 8.78 Å². The van der Waals surface area contributed by atoms with E-state index in [0.29, 0.717) is 23.9 Å². The minimum Gasteiger partial charge on any atom is -0.497 e. The van der Waals surface area contributed by atoms with Crippen molar-refractivity contribution >= 4 is 17.5 Å². The van der Waals surface area contributed by atoms with Crippen LogP contribution in [-0.4, -0.2) is 25.5 Å². The molecule has 0 aliphatic carbocycles. The van der Waals surface area contributed by atoms with Crippen molar-refractivity contribution < 1.29 is 23.1 Å². The number of hydrogen-bond acceptors (Lipinski definition) is 3. The van der Waals surface area contributed by atoms with Crippen LogP contribution in [0.2, 0.25) is 0 Å². The lowest BCUT2D eigenvalue weighted by Crippen LogP contribution is -2.26. The van der Waals surface area contributed by atoms with Gasteiger partial charge in [0.25, 0.3) is 5.91 Å². The second kappa shape index (κ2) is 8.77. The number of ether oxygens (including phenoxy) is 1. The van der Waals surface area contributed by atoms with Crippen LogP contribution in [0.5, 0.6) is 5.75 Å². The van der Waals surface area contributed by atoms with Crippen molar-refractivity contribution in [2.45, 2.75) is 12.8 Å². The van der Waals surface area contributed by atoms with Gasteiger partial charge in [0, 0.05) is 24.7 Å². The van der Waals surface area contributed by atoms with Gasteiger partial charge in [-0.05, 0) is 42.8 Å². The fourth-order valence-electron chi connectivity index (χ4n) is 2.12. The van der Waals surface area contributed by atoms with E-state index in [1.807, 2.05) is 0 Å². The summed E-state index contributed by atoms with van der Waals surface area (Å²) in [5.74, 6) is -1.83. The summed E-state index contributed by atoms with van der Waals surface area (Å²) in [7, 11) is 1.56. The normalized spacial score (nSPS) is 10.2. The molecule has 5 nitrogen and oxygen atoms in total. The van der Waals surface area contributed by atoms with Gasteiger partial charge in [-0.15, -0.1) is 0 Å². The number of rotatable bonds is 7. The first-order valence-corrected chi connectivity index (χ1v) is 7.67. The number of amides is 2. The summed E-state index contributed by atoms with van der Waals surface area (Å²) >= 11 is 0. The van der Waals surface area contributed by atoms with Crippen molar-refractivity contribution in [3.05, 3.63) is 59.7 Å². The van der Waals surface area contributed by atoms with Crippen LogP contribution in [0.15, 0.2) is 42.5 Å². The molecular weight excluding hydrogens is 330 g/mol. The number of benzene rings is 2. The third-order valence-electron chi connectivity index (χ3n) is 3.42. The lowest BCUT2D eigenvalue weighted by atomic mass is 10.2. The second-order valence-corrected chi connectivity index (χ2v) is 5.26. The van der Waals surface area contributed by atoms with E-state index < -0.39 is 17.5 Å². The minimum absolute atomic E-state index is 0.193. The van der Waals surface area contributed by atoms with Crippen LogP contribution in [0.4, 0.5) is 14.5 Å². The lowest BCUT2D eigenvalue weighted by molar-refractivity contribution is -0.116. The first kappa shape index (κ1) is 18.4. The molecule has 2 aromatic rings. The fraction of sp³-hybridized carbons (Fsp3) is 0.222. The van der Waals surface area contributed by atoms with E-state index in [1.165, 1.54) is 0 Å². The summed E-state index contributed by atoms with van der Waals surface area (Å²) in [5.41, 5.74) is 0.410. The van der Waals surface area contributed by atoms with E-state index in [0.717, 1.165) is 12.1 Å². The second-order valence-electron chi connectivity index (χ2n) is 5.26. The highest BCUT2D eigenvalue weighted by Gasteiger charge is 2.12. The molecule has 0 heterocycles. The number of methoxy groups -OCH3 is 1. The first-order valence-electron chi connectivity index (χ1n) is 7.67. The Morgan fingerprint density at radius 2 is 1.80 bits per heavy atom. The quantitative estimate of drug-likeness (QED) is 0.756. The standard InChI is InChI=1S/C18H18F2N2O3/c1-25-14-7-5-13(6-8-14)22-17(23)3-2-10-21-18(24)15-9-4-12(19)11-16(15)20/h4-9,11H,2-3,10H2,1H3,(H,21,24)(H,22,23). The van der Waals surface area contributed by atoms with E-state index in [2.05, 4.69) is 10.6 Å². The molecule has 2 N–H and O–H groups in total.